The second-order valence-corrected chi connectivity index (χ2v) is 4.59. The molecule has 4 nitrogen and oxygen atoms in total. The average Bonchev–Trinajstić information content (AvgIpc) is 2.47. The van der Waals surface area contributed by atoms with Crippen molar-refractivity contribution in [1.82, 2.24) is 0 Å². The topological polar surface area (TPSA) is 52.6 Å². The summed E-state index contributed by atoms with van der Waals surface area (Å²) in [5.41, 5.74) is -0.436. The van der Waals surface area contributed by atoms with Gasteiger partial charge in [0.25, 0.3) is 0 Å². The van der Waals surface area contributed by atoms with Crippen LogP contribution < -0.4 is 0 Å². The summed E-state index contributed by atoms with van der Waals surface area (Å²) in [5.74, 6) is -1.54. The fourth-order valence-corrected chi connectivity index (χ4v) is 2.82. The molecule has 3 atom stereocenters. The van der Waals surface area contributed by atoms with Crippen LogP contribution >= 0.6 is 0 Å². The van der Waals surface area contributed by atoms with Gasteiger partial charge in [0.2, 0.25) is 0 Å². The first-order valence-corrected chi connectivity index (χ1v) is 5.39. The monoisotopic (exact) mass is 212 g/mol. The Balaban J connectivity index is 2.25. The highest BCUT2D eigenvalue weighted by Crippen LogP contribution is 2.47. The highest BCUT2D eigenvalue weighted by atomic mass is 16.6. The minimum Gasteiger partial charge on any atom is -0.468 e. The molecule has 0 unspecified atom stereocenters. The molecule has 4 heteroatoms. The van der Waals surface area contributed by atoms with Crippen molar-refractivity contribution in [3.05, 3.63) is 0 Å². The van der Waals surface area contributed by atoms with Gasteiger partial charge in [-0.05, 0) is 26.2 Å². The molecule has 0 aromatic rings. The molecular formula is C11H16O4. The number of ether oxygens (including phenoxy) is 2. The lowest BCUT2D eigenvalue weighted by Gasteiger charge is -2.34. The first-order valence-electron chi connectivity index (χ1n) is 5.39. The molecular weight excluding hydrogens is 196 g/mol. The predicted molar refractivity (Wildman–Crippen MR) is 52.0 cm³/mol. The van der Waals surface area contributed by atoms with E-state index in [1.165, 1.54) is 7.11 Å². The predicted octanol–water partition coefficient (Wildman–Crippen LogP) is 1.28. The van der Waals surface area contributed by atoms with Crippen molar-refractivity contribution < 1.29 is 19.1 Å². The zero-order valence-corrected chi connectivity index (χ0v) is 9.12. The zero-order valence-electron chi connectivity index (χ0n) is 9.12. The molecule has 1 aliphatic carbocycles. The molecule has 0 aromatic carbocycles. The molecule has 2 aliphatic rings. The van der Waals surface area contributed by atoms with Gasteiger partial charge in [-0.3, -0.25) is 9.59 Å². The van der Waals surface area contributed by atoms with E-state index in [9.17, 15) is 9.59 Å². The Labute approximate surface area is 88.9 Å². The van der Waals surface area contributed by atoms with Gasteiger partial charge in [-0.25, -0.2) is 0 Å². The Kier molecular flexibility index (Phi) is 2.44. The first-order chi connectivity index (χ1) is 7.08. The minimum atomic E-state index is -0.694. The van der Waals surface area contributed by atoms with E-state index in [4.69, 9.17) is 4.74 Å². The van der Waals surface area contributed by atoms with Gasteiger partial charge in [0.1, 0.15) is 5.60 Å². The van der Waals surface area contributed by atoms with E-state index in [0.717, 1.165) is 25.7 Å². The van der Waals surface area contributed by atoms with Crippen LogP contribution in [0, 0.1) is 11.8 Å². The summed E-state index contributed by atoms with van der Waals surface area (Å²) >= 11 is 0. The second kappa shape index (κ2) is 3.51. The number of carbonyl (C=O) groups excluding carboxylic acids is 2. The normalized spacial score (nSPS) is 39.5. The number of hydrogen-bond donors (Lipinski definition) is 0. The van der Waals surface area contributed by atoms with Crippen LogP contribution in [0.15, 0.2) is 0 Å². The molecule has 2 fully saturated rings. The van der Waals surface area contributed by atoms with Gasteiger partial charge in [0, 0.05) is 5.92 Å². The van der Waals surface area contributed by atoms with Crippen LogP contribution in [-0.4, -0.2) is 24.6 Å². The first kappa shape index (κ1) is 10.5. The smallest absolute Gasteiger partial charge is 0.321 e. The molecule has 15 heavy (non-hydrogen) atoms. The van der Waals surface area contributed by atoms with E-state index in [-0.39, 0.29) is 5.92 Å². The number of esters is 2. The van der Waals surface area contributed by atoms with Gasteiger partial charge in [0.15, 0.2) is 5.92 Å². The maximum absolute atomic E-state index is 11.6. The largest absolute Gasteiger partial charge is 0.468 e. The summed E-state index contributed by atoms with van der Waals surface area (Å²) in [7, 11) is 1.31. The van der Waals surface area contributed by atoms with Crippen molar-refractivity contribution in [3.8, 4) is 0 Å². The van der Waals surface area contributed by atoms with Gasteiger partial charge in [-0.1, -0.05) is 6.42 Å². The fraction of sp³-hybridized carbons (Fsp3) is 0.818. The lowest BCUT2D eigenvalue weighted by atomic mass is 9.72. The molecule has 1 aliphatic heterocycles. The standard InChI is InChI=1S/C11H16O4/c1-11-6-4-3-5-7(11)8(9(12)14-2)10(13)15-11/h7-8H,3-6H2,1-2H3/t7-,8-,11-/m0/s1. The van der Waals surface area contributed by atoms with Crippen molar-refractivity contribution >= 4 is 11.9 Å². The molecule has 0 aromatic heterocycles. The Morgan fingerprint density at radius 1 is 1.53 bits per heavy atom. The molecule has 0 radical (unpaired) electrons. The maximum atomic E-state index is 11.6. The Bertz CT molecular complexity index is 299. The number of carbonyl (C=O) groups is 2. The van der Waals surface area contributed by atoms with E-state index >= 15 is 0 Å². The van der Waals surface area contributed by atoms with E-state index < -0.39 is 23.5 Å². The van der Waals surface area contributed by atoms with Crippen LogP contribution in [0.2, 0.25) is 0 Å². The third-order valence-electron chi connectivity index (χ3n) is 3.67. The SMILES string of the molecule is COC(=O)[C@H]1C(=O)O[C@@]2(C)CCCC[C@@H]12. The summed E-state index contributed by atoms with van der Waals surface area (Å²) in [4.78, 5) is 23.1. The lowest BCUT2D eigenvalue weighted by molar-refractivity contribution is -0.156. The molecule has 0 N–H and O–H groups in total. The molecule has 84 valence electrons. The van der Waals surface area contributed by atoms with Crippen LogP contribution in [0.4, 0.5) is 0 Å². The van der Waals surface area contributed by atoms with Gasteiger partial charge in [-0.15, -0.1) is 0 Å². The van der Waals surface area contributed by atoms with Gasteiger partial charge < -0.3 is 9.47 Å². The average molecular weight is 212 g/mol. The van der Waals surface area contributed by atoms with Crippen LogP contribution in [0.3, 0.4) is 0 Å². The quantitative estimate of drug-likeness (QED) is 0.485. The lowest BCUT2D eigenvalue weighted by Crippen LogP contribution is -2.38. The van der Waals surface area contributed by atoms with Crippen LogP contribution in [0.1, 0.15) is 32.6 Å². The Morgan fingerprint density at radius 2 is 2.27 bits per heavy atom. The fourth-order valence-electron chi connectivity index (χ4n) is 2.82. The van der Waals surface area contributed by atoms with Crippen molar-refractivity contribution in [2.45, 2.75) is 38.2 Å². The summed E-state index contributed by atoms with van der Waals surface area (Å²) in [6.45, 7) is 1.93. The molecule has 1 heterocycles. The van der Waals surface area contributed by atoms with Crippen molar-refractivity contribution in [3.63, 3.8) is 0 Å². The Morgan fingerprint density at radius 3 is 2.93 bits per heavy atom. The summed E-state index contributed by atoms with van der Waals surface area (Å²) in [6.07, 6.45) is 3.86. The molecule has 1 saturated carbocycles. The number of methoxy groups -OCH3 is 1. The summed E-state index contributed by atoms with van der Waals surface area (Å²) in [5, 5.41) is 0. The molecule has 0 bridgehead atoms. The summed E-state index contributed by atoms with van der Waals surface area (Å²) in [6, 6.07) is 0. The third-order valence-corrected chi connectivity index (χ3v) is 3.67. The zero-order chi connectivity index (χ0) is 11.1. The second-order valence-electron chi connectivity index (χ2n) is 4.59. The van der Waals surface area contributed by atoms with Gasteiger partial charge >= 0.3 is 11.9 Å². The van der Waals surface area contributed by atoms with E-state index in [0.29, 0.717) is 0 Å². The van der Waals surface area contributed by atoms with Crippen LogP contribution in [0.5, 0.6) is 0 Å². The number of hydrogen-bond acceptors (Lipinski definition) is 4. The van der Waals surface area contributed by atoms with E-state index in [1.54, 1.807) is 0 Å². The van der Waals surface area contributed by atoms with Crippen LogP contribution in [0.25, 0.3) is 0 Å². The highest BCUT2D eigenvalue weighted by molar-refractivity contribution is 5.97. The molecule has 1 saturated heterocycles. The highest BCUT2D eigenvalue weighted by Gasteiger charge is 2.56. The van der Waals surface area contributed by atoms with Crippen molar-refractivity contribution in [2.24, 2.45) is 11.8 Å². The van der Waals surface area contributed by atoms with Crippen molar-refractivity contribution in [2.75, 3.05) is 7.11 Å². The van der Waals surface area contributed by atoms with Gasteiger partial charge in [-0.2, -0.15) is 0 Å². The summed E-state index contributed by atoms with van der Waals surface area (Å²) < 4.78 is 10.0. The van der Waals surface area contributed by atoms with E-state index in [1.807, 2.05) is 6.92 Å². The van der Waals surface area contributed by atoms with Crippen molar-refractivity contribution in [1.29, 1.82) is 0 Å². The molecule has 0 amide bonds. The van der Waals surface area contributed by atoms with Crippen LogP contribution in [-0.2, 0) is 19.1 Å². The number of fused-ring (bicyclic) bond motifs is 1. The third kappa shape index (κ3) is 1.52. The maximum Gasteiger partial charge on any atom is 0.321 e. The molecule has 0 spiro atoms. The van der Waals surface area contributed by atoms with Gasteiger partial charge in [0.05, 0.1) is 7.11 Å². The molecule has 2 rings (SSSR count). The minimum absolute atomic E-state index is 0.00574. The number of rotatable bonds is 1. The van der Waals surface area contributed by atoms with E-state index in [2.05, 4.69) is 4.74 Å². The Hall–Kier alpha value is -1.06.